The zero-order valence-electron chi connectivity index (χ0n) is 23.3. The van der Waals surface area contributed by atoms with Crippen molar-refractivity contribution in [3.63, 3.8) is 0 Å². The maximum atomic E-state index is 11.3. The smallest absolute Gasteiger partial charge is 0.127 e. The third-order valence-corrected chi connectivity index (χ3v) is 6.70. The lowest BCUT2D eigenvalue weighted by molar-refractivity contribution is -0.108. The molecule has 3 aromatic carbocycles. The summed E-state index contributed by atoms with van der Waals surface area (Å²) in [4.78, 5) is 11.3. The SMILES string of the molecule is CCCCOc1ccc(C)cc1-c1ccc(COc2ccc3c(c2)OCC(=C(C)C)C3CC=O)cc1.CO. The van der Waals surface area contributed by atoms with Crippen LogP contribution in [0.5, 0.6) is 17.2 Å². The van der Waals surface area contributed by atoms with Gasteiger partial charge in [-0.1, -0.05) is 60.9 Å². The van der Waals surface area contributed by atoms with E-state index in [4.69, 9.17) is 19.3 Å². The lowest BCUT2D eigenvalue weighted by atomic mass is 9.84. The normalized spacial score (nSPS) is 13.9. The van der Waals surface area contributed by atoms with Gasteiger partial charge in [-0.25, -0.2) is 0 Å². The van der Waals surface area contributed by atoms with Crippen LogP contribution in [0.2, 0.25) is 0 Å². The van der Waals surface area contributed by atoms with Crippen molar-refractivity contribution in [3.8, 4) is 28.4 Å². The number of benzene rings is 3. The molecule has 0 aromatic heterocycles. The molecule has 1 aliphatic heterocycles. The lowest BCUT2D eigenvalue weighted by Crippen LogP contribution is -2.19. The van der Waals surface area contributed by atoms with E-state index in [-0.39, 0.29) is 5.92 Å². The van der Waals surface area contributed by atoms with Crippen LogP contribution in [0, 0.1) is 6.92 Å². The van der Waals surface area contributed by atoms with Gasteiger partial charge in [-0.15, -0.1) is 0 Å². The first-order valence-corrected chi connectivity index (χ1v) is 13.3. The minimum absolute atomic E-state index is 0.0790. The van der Waals surface area contributed by atoms with Gasteiger partial charge in [-0.3, -0.25) is 0 Å². The van der Waals surface area contributed by atoms with Gasteiger partial charge in [0.2, 0.25) is 0 Å². The van der Waals surface area contributed by atoms with Crippen LogP contribution in [0.1, 0.15) is 62.6 Å². The minimum Gasteiger partial charge on any atom is -0.493 e. The second-order valence-electron chi connectivity index (χ2n) is 9.66. The Morgan fingerprint density at radius 3 is 2.47 bits per heavy atom. The third kappa shape index (κ3) is 7.26. The summed E-state index contributed by atoms with van der Waals surface area (Å²) in [6, 6.07) is 20.7. The van der Waals surface area contributed by atoms with Gasteiger partial charge in [0.25, 0.3) is 0 Å². The standard InChI is InChI=1S/C32H36O4.CH4O/c1-5-6-17-34-31-14-7-23(4)18-29(31)25-10-8-24(9-11-25)20-35-26-12-13-28-27(15-16-33)30(22(2)3)21-36-32(28)19-26;1-2/h7-14,16,18-19,27H,5-6,15,17,20-21H2,1-4H3;2H,1H3. The number of allylic oxidation sites excluding steroid dienone is 1. The third-order valence-electron chi connectivity index (χ3n) is 6.70. The summed E-state index contributed by atoms with van der Waals surface area (Å²) in [5, 5.41) is 7.00. The molecular formula is C33H40O5. The van der Waals surface area contributed by atoms with Crippen LogP contribution in [0.3, 0.4) is 0 Å². The molecule has 1 N–H and O–H groups in total. The van der Waals surface area contributed by atoms with E-state index in [0.29, 0.717) is 19.6 Å². The molecule has 202 valence electrons. The van der Waals surface area contributed by atoms with Gasteiger partial charge in [0.1, 0.15) is 36.7 Å². The number of hydrogen-bond acceptors (Lipinski definition) is 5. The van der Waals surface area contributed by atoms with E-state index in [1.165, 1.54) is 16.7 Å². The van der Waals surface area contributed by atoms with Crippen molar-refractivity contribution in [2.75, 3.05) is 20.3 Å². The maximum Gasteiger partial charge on any atom is 0.127 e. The van der Waals surface area contributed by atoms with Crippen molar-refractivity contribution in [2.45, 2.75) is 59.5 Å². The summed E-state index contributed by atoms with van der Waals surface area (Å²) >= 11 is 0. The van der Waals surface area contributed by atoms with E-state index >= 15 is 0 Å². The molecule has 0 bridgehead atoms. The number of ether oxygens (including phenoxy) is 3. The molecule has 3 aromatic rings. The number of carbonyl (C=O) groups is 1. The van der Waals surface area contributed by atoms with E-state index in [0.717, 1.165) is 72.3 Å². The molecule has 0 saturated carbocycles. The van der Waals surface area contributed by atoms with Crippen LogP contribution < -0.4 is 14.2 Å². The Hall–Kier alpha value is -3.57. The van der Waals surface area contributed by atoms with Crippen LogP contribution >= 0.6 is 0 Å². The number of aldehydes is 1. The van der Waals surface area contributed by atoms with Gasteiger partial charge in [0.05, 0.1) is 6.61 Å². The number of rotatable bonds is 10. The summed E-state index contributed by atoms with van der Waals surface area (Å²) in [5.41, 5.74) is 8.00. The van der Waals surface area contributed by atoms with Crippen molar-refractivity contribution in [2.24, 2.45) is 0 Å². The Kier molecular flexibility index (Phi) is 11.0. The fraction of sp³-hybridized carbons (Fsp3) is 0.364. The van der Waals surface area contributed by atoms with Gasteiger partial charge in [-0.2, -0.15) is 0 Å². The average molecular weight is 517 g/mol. The van der Waals surface area contributed by atoms with Gasteiger partial charge in [0.15, 0.2) is 0 Å². The summed E-state index contributed by atoms with van der Waals surface area (Å²) in [7, 11) is 1.00. The van der Waals surface area contributed by atoms with Crippen molar-refractivity contribution in [1.82, 2.24) is 0 Å². The Morgan fingerprint density at radius 1 is 1.03 bits per heavy atom. The molecule has 4 rings (SSSR count). The minimum atomic E-state index is 0.0790. The molecule has 0 radical (unpaired) electrons. The van der Waals surface area contributed by atoms with Crippen LogP contribution in [-0.2, 0) is 11.4 Å². The Morgan fingerprint density at radius 2 is 1.79 bits per heavy atom. The predicted molar refractivity (Wildman–Crippen MR) is 153 cm³/mol. The predicted octanol–water partition coefficient (Wildman–Crippen LogP) is 7.43. The van der Waals surface area contributed by atoms with Crippen LogP contribution in [0.25, 0.3) is 11.1 Å². The highest BCUT2D eigenvalue weighted by atomic mass is 16.5. The largest absolute Gasteiger partial charge is 0.493 e. The van der Waals surface area contributed by atoms with Crippen molar-refractivity contribution < 1.29 is 24.1 Å². The first-order chi connectivity index (χ1) is 18.5. The fourth-order valence-electron chi connectivity index (χ4n) is 4.59. The second-order valence-corrected chi connectivity index (χ2v) is 9.66. The van der Waals surface area contributed by atoms with Crippen molar-refractivity contribution in [1.29, 1.82) is 0 Å². The average Bonchev–Trinajstić information content (AvgIpc) is 2.94. The first kappa shape index (κ1) is 29.0. The van der Waals surface area contributed by atoms with Crippen molar-refractivity contribution >= 4 is 6.29 Å². The Labute approximate surface area is 227 Å². The number of fused-ring (bicyclic) bond motifs is 1. The molecule has 0 amide bonds. The van der Waals surface area contributed by atoms with Crippen LogP contribution in [0.4, 0.5) is 0 Å². The first-order valence-electron chi connectivity index (χ1n) is 13.3. The van der Waals surface area contributed by atoms with Gasteiger partial charge < -0.3 is 24.1 Å². The molecule has 5 heteroatoms. The van der Waals surface area contributed by atoms with Crippen molar-refractivity contribution in [3.05, 3.63) is 88.5 Å². The van der Waals surface area contributed by atoms with Gasteiger partial charge in [0, 0.05) is 36.6 Å². The van der Waals surface area contributed by atoms with Gasteiger partial charge >= 0.3 is 0 Å². The monoisotopic (exact) mass is 516 g/mol. The lowest BCUT2D eigenvalue weighted by Gasteiger charge is -2.29. The fourth-order valence-corrected chi connectivity index (χ4v) is 4.59. The van der Waals surface area contributed by atoms with Crippen LogP contribution in [0.15, 0.2) is 71.8 Å². The number of carbonyl (C=O) groups excluding carboxylic acids is 1. The topological polar surface area (TPSA) is 65.0 Å². The highest BCUT2D eigenvalue weighted by molar-refractivity contribution is 5.71. The Bertz CT molecular complexity index is 1220. The van der Waals surface area contributed by atoms with E-state index in [2.05, 4.69) is 70.2 Å². The number of aliphatic hydroxyl groups is 1. The summed E-state index contributed by atoms with van der Waals surface area (Å²) < 4.78 is 18.2. The van der Waals surface area contributed by atoms with E-state index in [1.807, 2.05) is 18.2 Å². The highest BCUT2D eigenvalue weighted by Gasteiger charge is 2.26. The second kappa shape index (κ2) is 14.4. The number of hydrogen-bond donors (Lipinski definition) is 1. The summed E-state index contributed by atoms with van der Waals surface area (Å²) in [6.45, 7) is 10.1. The van der Waals surface area contributed by atoms with E-state index in [9.17, 15) is 4.79 Å². The summed E-state index contributed by atoms with van der Waals surface area (Å²) in [5.74, 6) is 2.56. The molecule has 1 heterocycles. The molecule has 1 unspecified atom stereocenters. The number of unbranched alkanes of at least 4 members (excludes halogenated alkanes) is 1. The molecule has 1 aliphatic rings. The zero-order valence-corrected chi connectivity index (χ0v) is 23.3. The molecule has 0 spiro atoms. The Balaban J connectivity index is 0.00000195. The molecule has 0 saturated heterocycles. The molecule has 5 nitrogen and oxygen atoms in total. The molecule has 38 heavy (non-hydrogen) atoms. The van der Waals surface area contributed by atoms with Crippen LogP contribution in [-0.4, -0.2) is 31.7 Å². The molecular weight excluding hydrogens is 476 g/mol. The zero-order chi connectivity index (χ0) is 27.5. The molecule has 0 aliphatic carbocycles. The quantitative estimate of drug-likeness (QED) is 0.172. The maximum absolute atomic E-state index is 11.3. The highest BCUT2D eigenvalue weighted by Crippen LogP contribution is 2.41. The van der Waals surface area contributed by atoms with Gasteiger partial charge in [-0.05, 0) is 62.1 Å². The number of aryl methyl sites for hydroxylation is 1. The molecule has 1 atom stereocenters. The van der Waals surface area contributed by atoms with E-state index < -0.39 is 0 Å². The van der Waals surface area contributed by atoms with E-state index in [1.54, 1.807) is 0 Å². The molecule has 0 fully saturated rings. The summed E-state index contributed by atoms with van der Waals surface area (Å²) in [6.07, 6.45) is 3.62. The number of aliphatic hydroxyl groups excluding tert-OH is 1.